The van der Waals surface area contributed by atoms with Crippen molar-refractivity contribution in [2.75, 3.05) is 27.3 Å². The van der Waals surface area contributed by atoms with Gasteiger partial charge < -0.3 is 19.7 Å². The summed E-state index contributed by atoms with van der Waals surface area (Å²) in [5, 5.41) is 3.46. The number of amides is 1. The second-order valence-corrected chi connectivity index (χ2v) is 5.33. The number of benzene rings is 1. The quantitative estimate of drug-likeness (QED) is 0.794. The summed E-state index contributed by atoms with van der Waals surface area (Å²) in [5.41, 5.74) is 1.05. The van der Waals surface area contributed by atoms with Crippen LogP contribution >= 0.6 is 0 Å². The van der Waals surface area contributed by atoms with Gasteiger partial charge in [-0.1, -0.05) is 6.07 Å². The Bertz CT molecular complexity index is 486. The molecule has 1 N–H and O–H groups in total. The van der Waals surface area contributed by atoms with Gasteiger partial charge >= 0.3 is 0 Å². The van der Waals surface area contributed by atoms with E-state index < -0.39 is 0 Å². The van der Waals surface area contributed by atoms with E-state index in [9.17, 15) is 4.79 Å². The minimum atomic E-state index is -0.0265. The highest BCUT2D eigenvalue weighted by Gasteiger charge is 2.21. The molecule has 116 valence electrons. The number of nitrogens with zero attached hydrogens (tertiary/aromatic N) is 1. The number of carbonyl (C=O) groups is 1. The lowest BCUT2D eigenvalue weighted by atomic mass is 10.2. The van der Waals surface area contributed by atoms with Crippen LogP contribution in [0, 0.1) is 0 Å². The predicted molar refractivity (Wildman–Crippen MR) is 81.7 cm³/mol. The molecule has 1 aliphatic carbocycles. The summed E-state index contributed by atoms with van der Waals surface area (Å²) in [6.45, 7) is 3.42. The lowest BCUT2D eigenvalue weighted by molar-refractivity contribution is -0.131. The van der Waals surface area contributed by atoms with Crippen molar-refractivity contribution >= 4 is 5.91 Å². The van der Waals surface area contributed by atoms with Crippen LogP contribution in [0.3, 0.4) is 0 Å². The van der Waals surface area contributed by atoms with Crippen LogP contribution in [0.2, 0.25) is 0 Å². The number of hydrogen-bond acceptors (Lipinski definition) is 4. The van der Waals surface area contributed by atoms with E-state index >= 15 is 0 Å². The highest BCUT2D eigenvalue weighted by atomic mass is 16.5. The van der Waals surface area contributed by atoms with E-state index in [4.69, 9.17) is 9.47 Å². The third-order valence-electron chi connectivity index (χ3n) is 3.68. The van der Waals surface area contributed by atoms with Crippen molar-refractivity contribution < 1.29 is 14.3 Å². The summed E-state index contributed by atoms with van der Waals surface area (Å²) in [6.07, 6.45) is 2.48. The van der Waals surface area contributed by atoms with Crippen molar-refractivity contribution in [3.05, 3.63) is 23.8 Å². The molecule has 1 aliphatic rings. The van der Waals surface area contributed by atoms with E-state index in [1.165, 1.54) is 12.8 Å². The Labute approximate surface area is 126 Å². The summed E-state index contributed by atoms with van der Waals surface area (Å²) < 4.78 is 10.9. The maximum atomic E-state index is 11.8. The largest absolute Gasteiger partial charge is 0.497 e. The summed E-state index contributed by atoms with van der Waals surface area (Å²) in [7, 11) is 3.39. The van der Waals surface area contributed by atoms with Crippen molar-refractivity contribution in [2.45, 2.75) is 32.4 Å². The van der Waals surface area contributed by atoms with Crippen LogP contribution in [0.4, 0.5) is 0 Å². The van der Waals surface area contributed by atoms with Gasteiger partial charge in [0.1, 0.15) is 11.5 Å². The maximum Gasteiger partial charge on any atom is 0.260 e. The number of ether oxygens (including phenoxy) is 2. The molecule has 21 heavy (non-hydrogen) atoms. The third kappa shape index (κ3) is 4.63. The SMILES string of the molecule is CCN(C)C(=O)COc1cc(OC)ccc1CNC1CC1. The molecular formula is C16H24N2O3. The molecule has 0 spiro atoms. The standard InChI is InChI=1S/C16H24N2O3/c1-4-18(2)16(19)11-21-15-9-14(20-3)8-5-12(15)10-17-13-6-7-13/h5,8-9,13,17H,4,6-7,10-11H2,1-3H3. The van der Waals surface area contributed by atoms with Crippen molar-refractivity contribution in [3.8, 4) is 11.5 Å². The summed E-state index contributed by atoms with van der Waals surface area (Å²) >= 11 is 0. The molecule has 5 heteroatoms. The molecule has 0 atom stereocenters. The van der Waals surface area contributed by atoms with Crippen LogP contribution in [0.5, 0.6) is 11.5 Å². The fourth-order valence-electron chi connectivity index (χ4n) is 1.91. The van der Waals surface area contributed by atoms with Crippen molar-refractivity contribution in [1.29, 1.82) is 0 Å². The van der Waals surface area contributed by atoms with Crippen LogP contribution in [-0.4, -0.2) is 44.2 Å². The van der Waals surface area contributed by atoms with Crippen LogP contribution in [0.15, 0.2) is 18.2 Å². The van der Waals surface area contributed by atoms with Gasteiger partial charge in [0.25, 0.3) is 5.91 Å². The Morgan fingerprint density at radius 3 is 2.81 bits per heavy atom. The summed E-state index contributed by atoms with van der Waals surface area (Å²) in [4.78, 5) is 13.5. The van der Waals surface area contributed by atoms with Crippen molar-refractivity contribution in [2.24, 2.45) is 0 Å². The third-order valence-corrected chi connectivity index (χ3v) is 3.68. The first-order chi connectivity index (χ1) is 10.1. The fraction of sp³-hybridized carbons (Fsp3) is 0.562. The first-order valence-electron chi connectivity index (χ1n) is 7.41. The smallest absolute Gasteiger partial charge is 0.260 e. The van der Waals surface area contributed by atoms with Gasteiger partial charge in [0.05, 0.1) is 7.11 Å². The fourth-order valence-corrected chi connectivity index (χ4v) is 1.91. The number of likely N-dealkylation sites (N-methyl/N-ethyl adjacent to an activating group) is 1. The average molecular weight is 292 g/mol. The normalized spacial score (nSPS) is 13.9. The van der Waals surface area contributed by atoms with Gasteiger partial charge in [0, 0.05) is 37.8 Å². The zero-order chi connectivity index (χ0) is 15.2. The molecule has 1 amide bonds. The molecule has 1 aromatic rings. The number of methoxy groups -OCH3 is 1. The molecule has 0 aliphatic heterocycles. The second kappa shape index (κ2) is 7.31. The minimum Gasteiger partial charge on any atom is -0.497 e. The van der Waals surface area contributed by atoms with Gasteiger partial charge in [0.15, 0.2) is 6.61 Å². The predicted octanol–water partition coefficient (Wildman–Crippen LogP) is 1.80. The zero-order valence-corrected chi connectivity index (χ0v) is 13.0. The van der Waals surface area contributed by atoms with E-state index in [1.54, 1.807) is 19.1 Å². The molecule has 2 rings (SSSR count). The highest BCUT2D eigenvalue weighted by Crippen LogP contribution is 2.26. The maximum absolute atomic E-state index is 11.8. The molecular weight excluding hydrogens is 268 g/mol. The first kappa shape index (κ1) is 15.6. The Hall–Kier alpha value is -1.75. The molecule has 1 aromatic carbocycles. The average Bonchev–Trinajstić information content (AvgIpc) is 3.34. The van der Waals surface area contributed by atoms with Gasteiger partial charge in [-0.25, -0.2) is 0 Å². The molecule has 0 bridgehead atoms. The Morgan fingerprint density at radius 2 is 2.19 bits per heavy atom. The second-order valence-electron chi connectivity index (χ2n) is 5.33. The van der Waals surface area contributed by atoms with E-state index in [2.05, 4.69) is 5.32 Å². The molecule has 0 radical (unpaired) electrons. The van der Waals surface area contributed by atoms with Crippen molar-refractivity contribution in [1.82, 2.24) is 10.2 Å². The molecule has 1 saturated carbocycles. The molecule has 0 unspecified atom stereocenters. The molecule has 1 fully saturated rings. The van der Waals surface area contributed by atoms with E-state index in [0.29, 0.717) is 18.3 Å². The van der Waals surface area contributed by atoms with E-state index in [0.717, 1.165) is 17.9 Å². The zero-order valence-electron chi connectivity index (χ0n) is 13.0. The Morgan fingerprint density at radius 1 is 1.43 bits per heavy atom. The molecule has 0 heterocycles. The van der Waals surface area contributed by atoms with Crippen LogP contribution < -0.4 is 14.8 Å². The lowest BCUT2D eigenvalue weighted by Gasteiger charge is -2.17. The summed E-state index contributed by atoms with van der Waals surface area (Å²) in [5.74, 6) is 1.42. The van der Waals surface area contributed by atoms with E-state index in [1.807, 2.05) is 25.1 Å². The van der Waals surface area contributed by atoms with E-state index in [-0.39, 0.29) is 12.5 Å². The van der Waals surface area contributed by atoms with Gasteiger partial charge in [0.2, 0.25) is 0 Å². The van der Waals surface area contributed by atoms with Crippen LogP contribution in [0.25, 0.3) is 0 Å². The van der Waals surface area contributed by atoms with Crippen LogP contribution in [-0.2, 0) is 11.3 Å². The Balaban J connectivity index is 2.00. The number of hydrogen-bond donors (Lipinski definition) is 1. The number of rotatable bonds is 8. The monoisotopic (exact) mass is 292 g/mol. The number of carbonyl (C=O) groups excluding carboxylic acids is 1. The van der Waals surface area contributed by atoms with Crippen LogP contribution in [0.1, 0.15) is 25.3 Å². The van der Waals surface area contributed by atoms with Gasteiger partial charge in [-0.05, 0) is 25.8 Å². The molecule has 0 aromatic heterocycles. The number of nitrogens with one attached hydrogen (secondary N) is 1. The van der Waals surface area contributed by atoms with Crippen molar-refractivity contribution in [3.63, 3.8) is 0 Å². The van der Waals surface area contributed by atoms with Gasteiger partial charge in [-0.3, -0.25) is 4.79 Å². The topological polar surface area (TPSA) is 50.8 Å². The highest BCUT2D eigenvalue weighted by molar-refractivity contribution is 5.77. The lowest BCUT2D eigenvalue weighted by Crippen LogP contribution is -2.31. The van der Waals surface area contributed by atoms with Gasteiger partial charge in [-0.15, -0.1) is 0 Å². The van der Waals surface area contributed by atoms with Gasteiger partial charge in [-0.2, -0.15) is 0 Å². The first-order valence-corrected chi connectivity index (χ1v) is 7.41. The summed E-state index contributed by atoms with van der Waals surface area (Å²) in [6, 6.07) is 6.37. The Kier molecular flexibility index (Phi) is 5.44. The molecule has 0 saturated heterocycles. The minimum absolute atomic E-state index is 0.0265. The molecule has 5 nitrogen and oxygen atoms in total.